The summed E-state index contributed by atoms with van der Waals surface area (Å²) in [6.45, 7) is 4.65. The van der Waals surface area contributed by atoms with Gasteiger partial charge in [-0.05, 0) is 31.2 Å². The van der Waals surface area contributed by atoms with Crippen LogP contribution < -0.4 is 10.0 Å². The van der Waals surface area contributed by atoms with Crippen molar-refractivity contribution in [3.63, 3.8) is 0 Å². The van der Waals surface area contributed by atoms with Gasteiger partial charge in [0.2, 0.25) is 10.0 Å². The summed E-state index contributed by atoms with van der Waals surface area (Å²) in [6.07, 6.45) is 2.30. The molecule has 0 aliphatic rings. The summed E-state index contributed by atoms with van der Waals surface area (Å²) >= 11 is 0. The first-order valence-corrected chi connectivity index (χ1v) is 6.92. The quantitative estimate of drug-likeness (QED) is 0.569. The molecule has 2 N–H and O–H groups in total. The lowest BCUT2D eigenvalue weighted by molar-refractivity contribution is 0.582. The molecule has 0 aromatic heterocycles. The minimum atomic E-state index is -3.38. The predicted octanol–water partition coefficient (Wildman–Crippen LogP) is 1.26. The lowest BCUT2D eigenvalue weighted by Crippen LogP contribution is -2.24. The van der Waals surface area contributed by atoms with Crippen LogP contribution in [-0.2, 0) is 16.6 Å². The second-order valence-electron chi connectivity index (χ2n) is 3.65. The Hall–Kier alpha value is -1.17. The third kappa shape index (κ3) is 4.30. The zero-order valence-corrected chi connectivity index (χ0v) is 10.8. The molecule has 17 heavy (non-hydrogen) atoms. The van der Waals surface area contributed by atoms with E-state index in [1.807, 2.05) is 7.05 Å². The summed E-state index contributed by atoms with van der Waals surface area (Å²) in [6, 6.07) is 6.84. The normalized spacial score (nSPS) is 11.4. The van der Waals surface area contributed by atoms with E-state index in [1.54, 1.807) is 30.3 Å². The number of hydrogen-bond acceptors (Lipinski definition) is 3. The predicted molar refractivity (Wildman–Crippen MR) is 69.2 cm³/mol. The molecule has 0 aliphatic heterocycles. The summed E-state index contributed by atoms with van der Waals surface area (Å²) in [5, 5.41) is 3.01. The van der Waals surface area contributed by atoms with Gasteiger partial charge in [0.1, 0.15) is 0 Å². The fourth-order valence-corrected chi connectivity index (χ4v) is 2.42. The molecule has 0 unspecified atom stereocenters. The Balaban J connectivity index is 2.74. The molecule has 4 nitrogen and oxygen atoms in total. The van der Waals surface area contributed by atoms with E-state index in [4.69, 9.17) is 0 Å². The second kappa shape index (κ2) is 6.54. The van der Waals surface area contributed by atoms with Crippen LogP contribution in [0.2, 0.25) is 0 Å². The molecular weight excluding hydrogens is 236 g/mol. The van der Waals surface area contributed by atoms with Crippen molar-refractivity contribution in [1.29, 1.82) is 0 Å². The maximum absolute atomic E-state index is 11.8. The van der Waals surface area contributed by atoms with Gasteiger partial charge in [0.15, 0.2) is 0 Å². The van der Waals surface area contributed by atoms with Crippen LogP contribution in [0, 0.1) is 0 Å². The number of sulfonamides is 1. The second-order valence-corrected chi connectivity index (χ2v) is 5.42. The van der Waals surface area contributed by atoms with Crippen molar-refractivity contribution in [2.24, 2.45) is 0 Å². The van der Waals surface area contributed by atoms with E-state index in [9.17, 15) is 8.42 Å². The largest absolute Gasteiger partial charge is 0.316 e. The number of benzene rings is 1. The highest BCUT2D eigenvalue weighted by molar-refractivity contribution is 7.89. The van der Waals surface area contributed by atoms with E-state index >= 15 is 0 Å². The number of nitrogens with one attached hydrogen (secondary N) is 2. The molecule has 0 saturated carbocycles. The van der Waals surface area contributed by atoms with Gasteiger partial charge in [-0.15, -0.1) is 6.58 Å². The maximum Gasteiger partial charge on any atom is 0.240 e. The Morgan fingerprint density at radius 1 is 1.29 bits per heavy atom. The van der Waals surface area contributed by atoms with Crippen molar-refractivity contribution >= 4 is 10.0 Å². The van der Waals surface area contributed by atoms with Crippen LogP contribution in [0.25, 0.3) is 0 Å². The van der Waals surface area contributed by atoms with E-state index in [0.717, 1.165) is 12.1 Å². The Morgan fingerprint density at radius 3 is 2.47 bits per heavy atom. The van der Waals surface area contributed by atoms with Crippen LogP contribution in [0.5, 0.6) is 0 Å². The van der Waals surface area contributed by atoms with Gasteiger partial charge in [0.05, 0.1) is 4.90 Å². The first-order valence-electron chi connectivity index (χ1n) is 5.44. The van der Waals surface area contributed by atoms with Gasteiger partial charge in [-0.25, -0.2) is 13.1 Å². The molecule has 0 fully saturated rings. The summed E-state index contributed by atoms with van der Waals surface area (Å²) in [5.74, 6) is 0. The van der Waals surface area contributed by atoms with Crippen LogP contribution in [0.1, 0.15) is 12.0 Å². The average molecular weight is 254 g/mol. The van der Waals surface area contributed by atoms with Crippen LogP contribution in [0.15, 0.2) is 41.8 Å². The topological polar surface area (TPSA) is 58.2 Å². The molecule has 0 saturated heterocycles. The first-order chi connectivity index (χ1) is 8.10. The molecule has 0 amide bonds. The van der Waals surface area contributed by atoms with Crippen molar-refractivity contribution in [3.05, 3.63) is 42.5 Å². The van der Waals surface area contributed by atoms with Gasteiger partial charge in [-0.3, -0.25) is 0 Å². The van der Waals surface area contributed by atoms with Gasteiger partial charge in [-0.1, -0.05) is 18.2 Å². The molecule has 0 heterocycles. The molecule has 1 aromatic rings. The third-order valence-corrected chi connectivity index (χ3v) is 3.73. The molecule has 0 bridgehead atoms. The molecule has 0 atom stereocenters. The van der Waals surface area contributed by atoms with Gasteiger partial charge in [-0.2, -0.15) is 0 Å². The standard InChI is InChI=1S/C12H18N2O2S/c1-3-4-9-14-17(15,16)12-7-5-11(6-8-12)10-13-2/h3,5-8,13-14H,1,4,9-10H2,2H3. The highest BCUT2D eigenvalue weighted by atomic mass is 32.2. The summed E-state index contributed by atoms with van der Waals surface area (Å²) in [7, 11) is -1.53. The fourth-order valence-electron chi connectivity index (χ4n) is 1.37. The Morgan fingerprint density at radius 2 is 1.94 bits per heavy atom. The Bertz CT molecular complexity index is 452. The molecule has 1 aromatic carbocycles. The average Bonchev–Trinajstić information content (AvgIpc) is 2.30. The summed E-state index contributed by atoms with van der Waals surface area (Å²) in [5.41, 5.74) is 1.05. The first kappa shape index (κ1) is 13.9. The molecule has 0 spiro atoms. The molecule has 1 rings (SSSR count). The van der Waals surface area contributed by atoms with Gasteiger partial charge in [0.25, 0.3) is 0 Å². The lowest BCUT2D eigenvalue weighted by atomic mass is 10.2. The SMILES string of the molecule is C=CCCNS(=O)(=O)c1ccc(CNC)cc1. The zero-order chi connectivity index (χ0) is 12.7. The smallest absolute Gasteiger partial charge is 0.240 e. The van der Waals surface area contributed by atoms with E-state index < -0.39 is 10.0 Å². The summed E-state index contributed by atoms with van der Waals surface area (Å²) in [4.78, 5) is 0.293. The number of hydrogen-bond donors (Lipinski definition) is 2. The van der Waals surface area contributed by atoms with Gasteiger partial charge >= 0.3 is 0 Å². The summed E-state index contributed by atoms with van der Waals surface area (Å²) < 4.78 is 26.1. The zero-order valence-electron chi connectivity index (χ0n) is 9.94. The van der Waals surface area contributed by atoms with Gasteiger partial charge in [0, 0.05) is 13.1 Å². The Kier molecular flexibility index (Phi) is 5.34. The highest BCUT2D eigenvalue weighted by Gasteiger charge is 2.12. The van der Waals surface area contributed by atoms with Crippen molar-refractivity contribution in [3.8, 4) is 0 Å². The molecule has 0 radical (unpaired) electrons. The Labute approximate surface area is 103 Å². The van der Waals surface area contributed by atoms with E-state index in [-0.39, 0.29) is 0 Å². The van der Waals surface area contributed by atoms with Crippen LogP contribution in [0.3, 0.4) is 0 Å². The molecule has 5 heteroatoms. The van der Waals surface area contributed by atoms with Crippen LogP contribution in [0.4, 0.5) is 0 Å². The minimum absolute atomic E-state index is 0.293. The van der Waals surface area contributed by atoms with Crippen molar-refractivity contribution in [2.75, 3.05) is 13.6 Å². The van der Waals surface area contributed by atoms with Crippen molar-refractivity contribution < 1.29 is 8.42 Å². The number of rotatable bonds is 7. The van der Waals surface area contributed by atoms with Crippen LogP contribution in [-0.4, -0.2) is 22.0 Å². The lowest BCUT2D eigenvalue weighted by Gasteiger charge is -2.06. The highest BCUT2D eigenvalue weighted by Crippen LogP contribution is 2.10. The third-order valence-electron chi connectivity index (χ3n) is 2.26. The van der Waals surface area contributed by atoms with Crippen molar-refractivity contribution in [2.45, 2.75) is 17.9 Å². The van der Waals surface area contributed by atoms with Crippen molar-refractivity contribution in [1.82, 2.24) is 10.0 Å². The molecular formula is C12H18N2O2S. The van der Waals surface area contributed by atoms with E-state index in [2.05, 4.69) is 16.6 Å². The molecule has 94 valence electrons. The van der Waals surface area contributed by atoms with Crippen LogP contribution >= 0.6 is 0 Å². The minimum Gasteiger partial charge on any atom is -0.316 e. The van der Waals surface area contributed by atoms with Gasteiger partial charge < -0.3 is 5.32 Å². The fraction of sp³-hybridized carbons (Fsp3) is 0.333. The molecule has 0 aliphatic carbocycles. The maximum atomic E-state index is 11.8. The monoisotopic (exact) mass is 254 g/mol. The van der Waals surface area contributed by atoms with E-state index in [1.165, 1.54) is 0 Å². The van der Waals surface area contributed by atoms with E-state index in [0.29, 0.717) is 17.9 Å².